The van der Waals surface area contributed by atoms with E-state index in [0.717, 1.165) is 0 Å². The predicted octanol–water partition coefficient (Wildman–Crippen LogP) is 1.69. The number of nitrogens with two attached hydrogens (primary N) is 1. The van der Waals surface area contributed by atoms with Gasteiger partial charge in [-0.15, -0.1) is 0 Å². The van der Waals surface area contributed by atoms with E-state index in [2.05, 4.69) is 47.0 Å². The number of hydrogen-bond donors (Lipinski definition) is 1. The Labute approximate surface area is 117 Å². The summed E-state index contributed by atoms with van der Waals surface area (Å²) in [6.45, 7) is 3.41. The highest BCUT2D eigenvalue weighted by molar-refractivity contribution is 7.90. The lowest BCUT2D eigenvalue weighted by molar-refractivity contribution is -0.671. The molecule has 0 amide bonds. The minimum atomic E-state index is -5.34. The standard InChI is InChI=1S/C10H19N2.CH2F3NO2S/c1-3-4-5-6-7-12-9-8-11(2)10-12;2-1(3,4)8(5,6)7/h8-10H,3-7H2,1-2H3;(H2,5,6,7)/q+1;. The molecule has 5 nitrogen and oxygen atoms in total. The minimum Gasteiger partial charge on any atom is -0.240 e. The molecule has 0 saturated carbocycles. The van der Waals surface area contributed by atoms with Gasteiger partial charge in [-0.05, 0) is 12.8 Å². The van der Waals surface area contributed by atoms with Crippen molar-refractivity contribution in [3.63, 3.8) is 0 Å². The maximum absolute atomic E-state index is 10.8. The number of aromatic nitrogens is 2. The van der Waals surface area contributed by atoms with Crippen molar-refractivity contribution in [3.8, 4) is 0 Å². The molecule has 2 N–H and O–H groups in total. The molecular weight excluding hydrogens is 295 g/mol. The van der Waals surface area contributed by atoms with Crippen molar-refractivity contribution in [2.75, 3.05) is 0 Å². The summed E-state index contributed by atoms with van der Waals surface area (Å²) < 4.78 is 55.5. The minimum absolute atomic E-state index is 1.17. The summed E-state index contributed by atoms with van der Waals surface area (Å²) in [4.78, 5) is 0. The van der Waals surface area contributed by atoms with Crippen LogP contribution in [0.2, 0.25) is 0 Å². The summed E-state index contributed by atoms with van der Waals surface area (Å²) in [5, 5.41) is 3.66. The van der Waals surface area contributed by atoms with Gasteiger partial charge in [-0.3, -0.25) is 0 Å². The summed E-state index contributed by atoms with van der Waals surface area (Å²) in [6, 6.07) is 0. The summed E-state index contributed by atoms with van der Waals surface area (Å²) in [7, 11) is -3.28. The number of aryl methyl sites for hydroxylation is 2. The highest BCUT2D eigenvalue weighted by Crippen LogP contribution is 2.18. The Morgan fingerprint density at radius 1 is 1.25 bits per heavy atom. The summed E-state index contributed by atoms with van der Waals surface area (Å²) in [5.74, 6) is 0. The molecule has 0 radical (unpaired) electrons. The molecule has 1 rings (SSSR count). The smallest absolute Gasteiger partial charge is 0.240 e. The molecular formula is C11H21F3N3O2S+. The van der Waals surface area contributed by atoms with Crippen molar-refractivity contribution >= 4 is 10.0 Å². The van der Waals surface area contributed by atoms with E-state index in [1.54, 1.807) is 0 Å². The van der Waals surface area contributed by atoms with Gasteiger partial charge in [0.05, 0.1) is 13.6 Å². The molecule has 20 heavy (non-hydrogen) atoms. The zero-order valence-electron chi connectivity index (χ0n) is 11.6. The third kappa shape index (κ3) is 8.16. The van der Waals surface area contributed by atoms with Gasteiger partial charge in [0.25, 0.3) is 0 Å². The summed E-state index contributed by atoms with van der Waals surface area (Å²) in [5.41, 5.74) is -5.31. The molecule has 0 aliphatic rings. The number of halogens is 3. The number of sulfonamides is 1. The Hall–Kier alpha value is -1.09. The van der Waals surface area contributed by atoms with Gasteiger partial charge in [0.1, 0.15) is 12.4 Å². The zero-order chi connectivity index (χ0) is 15.8. The van der Waals surface area contributed by atoms with E-state index in [4.69, 9.17) is 0 Å². The lowest BCUT2D eigenvalue weighted by Gasteiger charge is -1.98. The third-order valence-electron chi connectivity index (χ3n) is 2.42. The second-order valence-corrected chi connectivity index (χ2v) is 5.92. The quantitative estimate of drug-likeness (QED) is 0.663. The number of imidazole rings is 1. The van der Waals surface area contributed by atoms with Gasteiger partial charge >= 0.3 is 15.5 Å². The molecule has 1 aromatic rings. The van der Waals surface area contributed by atoms with Crippen molar-refractivity contribution in [1.29, 1.82) is 0 Å². The van der Waals surface area contributed by atoms with Crippen LogP contribution in [0.5, 0.6) is 0 Å². The molecule has 0 spiro atoms. The Morgan fingerprint density at radius 3 is 2.15 bits per heavy atom. The molecule has 0 bridgehead atoms. The van der Waals surface area contributed by atoms with E-state index in [0.29, 0.717) is 0 Å². The fraction of sp³-hybridized carbons (Fsp3) is 0.727. The molecule has 9 heteroatoms. The highest BCUT2D eigenvalue weighted by Gasteiger charge is 2.42. The maximum Gasteiger partial charge on any atom is 0.511 e. The number of hydrogen-bond acceptors (Lipinski definition) is 2. The predicted molar refractivity (Wildman–Crippen MR) is 68.9 cm³/mol. The molecule has 0 saturated heterocycles. The van der Waals surface area contributed by atoms with Crippen molar-refractivity contribution in [3.05, 3.63) is 18.7 Å². The second-order valence-electron chi connectivity index (χ2n) is 4.37. The van der Waals surface area contributed by atoms with Crippen molar-refractivity contribution < 1.29 is 26.2 Å². The fourth-order valence-electron chi connectivity index (χ4n) is 1.36. The molecule has 1 aromatic heterocycles. The van der Waals surface area contributed by atoms with Gasteiger partial charge in [0.15, 0.2) is 0 Å². The SMILES string of the molecule is CCCCCCn1cc[n+](C)c1.NS(=O)(=O)C(F)(F)F. The second kappa shape index (κ2) is 8.25. The molecule has 0 atom stereocenters. The number of primary sulfonamides is 1. The summed E-state index contributed by atoms with van der Waals surface area (Å²) >= 11 is 0. The molecule has 0 fully saturated rings. The zero-order valence-corrected chi connectivity index (χ0v) is 12.4. The van der Waals surface area contributed by atoms with Crippen LogP contribution in [0.15, 0.2) is 18.7 Å². The van der Waals surface area contributed by atoms with Crippen LogP contribution in [0.4, 0.5) is 13.2 Å². The van der Waals surface area contributed by atoms with E-state index in [1.165, 1.54) is 32.2 Å². The lowest BCUT2D eigenvalue weighted by atomic mass is 10.2. The average molecular weight is 316 g/mol. The van der Waals surface area contributed by atoms with Crippen molar-refractivity contribution in [2.24, 2.45) is 12.2 Å². The normalized spacial score (nSPS) is 11.9. The molecule has 1 heterocycles. The van der Waals surface area contributed by atoms with Crippen LogP contribution in [0.3, 0.4) is 0 Å². The van der Waals surface area contributed by atoms with Gasteiger partial charge in [-0.1, -0.05) is 19.8 Å². The van der Waals surface area contributed by atoms with Crippen LogP contribution >= 0.6 is 0 Å². The Balaban J connectivity index is 0.000000396. The first-order chi connectivity index (χ1) is 9.08. The number of nitrogens with zero attached hydrogens (tertiary/aromatic N) is 2. The van der Waals surface area contributed by atoms with Crippen molar-refractivity contribution in [1.82, 2.24) is 4.57 Å². The Bertz CT molecular complexity index is 483. The largest absolute Gasteiger partial charge is 0.511 e. The van der Waals surface area contributed by atoms with Gasteiger partial charge in [-0.2, -0.15) is 13.2 Å². The van der Waals surface area contributed by atoms with Crippen LogP contribution in [0.25, 0.3) is 0 Å². The molecule has 118 valence electrons. The fourth-order valence-corrected chi connectivity index (χ4v) is 1.36. The molecule has 0 aliphatic carbocycles. The molecule has 0 aromatic carbocycles. The molecule has 0 aliphatic heterocycles. The van der Waals surface area contributed by atoms with Gasteiger partial charge in [0, 0.05) is 0 Å². The van der Waals surface area contributed by atoms with Crippen molar-refractivity contribution in [2.45, 2.75) is 44.7 Å². The first kappa shape index (κ1) is 18.9. The van der Waals surface area contributed by atoms with E-state index in [9.17, 15) is 21.6 Å². The van der Waals surface area contributed by atoms with E-state index >= 15 is 0 Å². The van der Waals surface area contributed by atoms with Gasteiger partial charge < -0.3 is 0 Å². The average Bonchev–Trinajstić information content (AvgIpc) is 2.69. The monoisotopic (exact) mass is 316 g/mol. The lowest BCUT2D eigenvalue weighted by Crippen LogP contribution is -2.30. The number of unbranched alkanes of at least 4 members (excludes halogenated alkanes) is 3. The van der Waals surface area contributed by atoms with E-state index < -0.39 is 15.5 Å². The molecule has 0 unspecified atom stereocenters. The number of rotatable bonds is 5. The third-order valence-corrected chi connectivity index (χ3v) is 3.06. The number of alkyl halides is 3. The van der Waals surface area contributed by atoms with Crippen LogP contribution in [0.1, 0.15) is 32.6 Å². The van der Waals surface area contributed by atoms with Crippen LogP contribution in [-0.4, -0.2) is 18.5 Å². The van der Waals surface area contributed by atoms with Crippen LogP contribution in [-0.2, 0) is 23.6 Å². The first-order valence-electron chi connectivity index (χ1n) is 6.18. The Kier molecular flexibility index (Phi) is 7.80. The van der Waals surface area contributed by atoms with E-state index in [1.807, 2.05) is 0 Å². The Morgan fingerprint density at radius 2 is 1.80 bits per heavy atom. The van der Waals surface area contributed by atoms with Crippen LogP contribution < -0.4 is 9.71 Å². The maximum atomic E-state index is 10.8. The topological polar surface area (TPSA) is 69.0 Å². The van der Waals surface area contributed by atoms with E-state index in [-0.39, 0.29) is 0 Å². The first-order valence-corrected chi connectivity index (χ1v) is 7.72. The summed E-state index contributed by atoms with van der Waals surface area (Å²) in [6.07, 6.45) is 11.7. The van der Waals surface area contributed by atoms with Crippen LogP contribution in [0, 0.1) is 0 Å². The van der Waals surface area contributed by atoms with Gasteiger partial charge in [-0.25, -0.2) is 22.7 Å². The highest BCUT2D eigenvalue weighted by atomic mass is 32.2. The van der Waals surface area contributed by atoms with Gasteiger partial charge in [0.2, 0.25) is 6.33 Å².